The summed E-state index contributed by atoms with van der Waals surface area (Å²) in [5, 5.41) is 6.35. The maximum Gasteiger partial charge on any atom is 0.411 e. The average molecular weight is 256 g/mol. The van der Waals surface area contributed by atoms with Gasteiger partial charge in [-0.05, 0) is 40.3 Å². The molecular formula is C11H23F3N2O. The summed E-state index contributed by atoms with van der Waals surface area (Å²) in [6, 6.07) is 0. The van der Waals surface area contributed by atoms with E-state index in [2.05, 4.69) is 36.1 Å². The number of ether oxygens (including phenoxy) is 1. The van der Waals surface area contributed by atoms with Crippen molar-refractivity contribution in [3.63, 3.8) is 0 Å². The maximum atomic E-state index is 11.7. The molecule has 0 spiro atoms. The molecule has 0 unspecified atom stereocenters. The first-order valence-electron chi connectivity index (χ1n) is 5.81. The number of nitrogens with one attached hydrogen (secondary N) is 2. The fourth-order valence-electron chi connectivity index (χ4n) is 1.13. The molecule has 0 fully saturated rings. The van der Waals surface area contributed by atoms with Crippen molar-refractivity contribution in [2.75, 3.05) is 32.8 Å². The summed E-state index contributed by atoms with van der Waals surface area (Å²) in [6.45, 7) is 7.30. The molecule has 2 N–H and O–H groups in total. The van der Waals surface area contributed by atoms with Crippen molar-refractivity contribution >= 4 is 0 Å². The van der Waals surface area contributed by atoms with Crippen LogP contribution >= 0.6 is 0 Å². The van der Waals surface area contributed by atoms with E-state index in [1.165, 1.54) is 0 Å². The average Bonchev–Trinajstić information content (AvgIpc) is 2.11. The third-order valence-electron chi connectivity index (χ3n) is 1.87. The van der Waals surface area contributed by atoms with E-state index in [1.54, 1.807) is 0 Å². The minimum Gasteiger partial charge on any atom is -0.371 e. The van der Waals surface area contributed by atoms with Gasteiger partial charge in [-0.15, -0.1) is 0 Å². The Labute approximate surface area is 101 Å². The van der Waals surface area contributed by atoms with Crippen LogP contribution in [0.25, 0.3) is 0 Å². The van der Waals surface area contributed by atoms with Crippen LogP contribution in [-0.4, -0.2) is 44.6 Å². The van der Waals surface area contributed by atoms with Crippen LogP contribution in [0.3, 0.4) is 0 Å². The highest BCUT2D eigenvalue weighted by Crippen LogP contribution is 2.13. The van der Waals surface area contributed by atoms with Gasteiger partial charge in [-0.3, -0.25) is 0 Å². The lowest BCUT2D eigenvalue weighted by Gasteiger charge is -2.20. The van der Waals surface area contributed by atoms with Crippen LogP contribution in [0.5, 0.6) is 0 Å². The normalized spacial score (nSPS) is 13.1. The van der Waals surface area contributed by atoms with Gasteiger partial charge in [0, 0.05) is 12.1 Å². The fraction of sp³-hybridized carbons (Fsp3) is 1.00. The van der Waals surface area contributed by atoms with Gasteiger partial charge >= 0.3 is 6.18 Å². The van der Waals surface area contributed by atoms with Crippen molar-refractivity contribution in [3.05, 3.63) is 0 Å². The lowest BCUT2D eigenvalue weighted by Crippen LogP contribution is -2.37. The van der Waals surface area contributed by atoms with Crippen LogP contribution < -0.4 is 10.6 Å². The molecule has 0 aliphatic carbocycles. The smallest absolute Gasteiger partial charge is 0.371 e. The molecular weight excluding hydrogens is 233 g/mol. The van der Waals surface area contributed by atoms with E-state index in [9.17, 15) is 13.2 Å². The number of rotatable bonds is 8. The summed E-state index contributed by atoms with van der Waals surface area (Å²) in [5.41, 5.74) is 0.107. The summed E-state index contributed by atoms with van der Waals surface area (Å²) in [5.74, 6) is 0. The molecule has 0 bridgehead atoms. The minimum absolute atomic E-state index is 0.0895. The number of halogens is 3. The Morgan fingerprint density at radius 1 is 1.00 bits per heavy atom. The van der Waals surface area contributed by atoms with Crippen molar-refractivity contribution in [2.24, 2.45) is 0 Å². The van der Waals surface area contributed by atoms with Crippen LogP contribution in [0.4, 0.5) is 13.2 Å². The van der Waals surface area contributed by atoms with Gasteiger partial charge in [0.1, 0.15) is 6.61 Å². The maximum absolute atomic E-state index is 11.7. The number of hydrogen-bond donors (Lipinski definition) is 2. The van der Waals surface area contributed by atoms with Crippen molar-refractivity contribution in [1.29, 1.82) is 0 Å². The molecule has 0 heterocycles. The highest BCUT2D eigenvalue weighted by atomic mass is 19.4. The Balaban J connectivity index is 3.15. The molecule has 0 amide bonds. The van der Waals surface area contributed by atoms with Crippen molar-refractivity contribution in [1.82, 2.24) is 10.6 Å². The summed E-state index contributed by atoms with van der Waals surface area (Å²) in [4.78, 5) is 0. The zero-order valence-corrected chi connectivity index (χ0v) is 10.8. The minimum atomic E-state index is -4.23. The molecule has 0 radical (unpaired) electrons. The topological polar surface area (TPSA) is 33.3 Å². The SMILES string of the molecule is CC(C)(C)NCCCNCCOCC(F)(F)F. The summed E-state index contributed by atoms with van der Waals surface area (Å²) < 4.78 is 39.5. The molecule has 104 valence electrons. The van der Waals surface area contributed by atoms with Crippen LogP contribution in [0, 0.1) is 0 Å². The van der Waals surface area contributed by atoms with E-state index >= 15 is 0 Å². The molecule has 0 aliphatic rings. The highest BCUT2D eigenvalue weighted by molar-refractivity contribution is 4.69. The van der Waals surface area contributed by atoms with Crippen LogP contribution in [0.15, 0.2) is 0 Å². The summed E-state index contributed by atoms with van der Waals surface area (Å²) >= 11 is 0. The summed E-state index contributed by atoms with van der Waals surface area (Å²) in [7, 11) is 0. The second-order valence-electron chi connectivity index (χ2n) is 4.95. The van der Waals surface area contributed by atoms with Crippen molar-refractivity contribution < 1.29 is 17.9 Å². The molecule has 0 aromatic carbocycles. The first-order valence-corrected chi connectivity index (χ1v) is 5.81. The third-order valence-corrected chi connectivity index (χ3v) is 1.87. The molecule has 6 heteroatoms. The van der Waals surface area contributed by atoms with E-state index < -0.39 is 12.8 Å². The predicted octanol–water partition coefficient (Wildman–Crippen LogP) is 1.93. The number of hydrogen-bond acceptors (Lipinski definition) is 3. The van der Waals surface area contributed by atoms with Crippen molar-refractivity contribution in [2.45, 2.75) is 38.9 Å². The second kappa shape index (κ2) is 7.89. The first kappa shape index (κ1) is 16.7. The predicted molar refractivity (Wildman–Crippen MR) is 62.1 cm³/mol. The standard InChI is InChI=1S/C11H23F3N2O/c1-10(2,3)16-6-4-5-15-7-8-17-9-11(12,13)14/h15-16H,4-9H2,1-3H3. The molecule has 0 saturated heterocycles. The van der Waals surface area contributed by atoms with Gasteiger partial charge in [0.05, 0.1) is 6.61 Å². The first-order chi connectivity index (χ1) is 7.71. The number of alkyl halides is 3. The van der Waals surface area contributed by atoms with E-state index in [4.69, 9.17) is 0 Å². The van der Waals surface area contributed by atoms with E-state index in [1.807, 2.05) is 0 Å². The Morgan fingerprint density at radius 3 is 2.18 bits per heavy atom. The van der Waals surface area contributed by atoms with E-state index in [0.717, 1.165) is 19.5 Å². The van der Waals surface area contributed by atoms with Gasteiger partial charge in [-0.1, -0.05) is 0 Å². The molecule has 0 atom stereocenters. The molecule has 0 aromatic rings. The largest absolute Gasteiger partial charge is 0.411 e. The Morgan fingerprint density at radius 2 is 1.65 bits per heavy atom. The third kappa shape index (κ3) is 15.7. The summed E-state index contributed by atoms with van der Waals surface area (Å²) in [6.07, 6.45) is -3.28. The molecule has 0 aliphatic heterocycles. The Kier molecular flexibility index (Phi) is 7.74. The lowest BCUT2D eigenvalue weighted by atomic mass is 10.1. The second-order valence-corrected chi connectivity index (χ2v) is 4.95. The molecule has 17 heavy (non-hydrogen) atoms. The molecule has 0 saturated carbocycles. The molecule has 3 nitrogen and oxygen atoms in total. The van der Waals surface area contributed by atoms with Gasteiger partial charge < -0.3 is 15.4 Å². The van der Waals surface area contributed by atoms with Gasteiger partial charge in [0.15, 0.2) is 0 Å². The lowest BCUT2D eigenvalue weighted by molar-refractivity contribution is -0.173. The molecule has 0 aromatic heterocycles. The Bertz CT molecular complexity index is 170. The van der Waals surface area contributed by atoms with E-state index in [0.29, 0.717) is 6.54 Å². The highest BCUT2D eigenvalue weighted by Gasteiger charge is 2.27. The van der Waals surface area contributed by atoms with Crippen molar-refractivity contribution in [3.8, 4) is 0 Å². The fourth-order valence-corrected chi connectivity index (χ4v) is 1.13. The monoisotopic (exact) mass is 256 g/mol. The zero-order chi connectivity index (χ0) is 13.4. The van der Waals surface area contributed by atoms with E-state index in [-0.39, 0.29) is 12.1 Å². The van der Waals surface area contributed by atoms with Crippen LogP contribution in [0.1, 0.15) is 27.2 Å². The van der Waals surface area contributed by atoms with Crippen LogP contribution in [0.2, 0.25) is 0 Å². The zero-order valence-electron chi connectivity index (χ0n) is 10.8. The quantitative estimate of drug-likeness (QED) is 0.651. The van der Waals surface area contributed by atoms with Gasteiger partial charge in [-0.25, -0.2) is 0 Å². The Hall–Kier alpha value is -0.330. The van der Waals surface area contributed by atoms with Gasteiger partial charge in [-0.2, -0.15) is 13.2 Å². The molecule has 0 rings (SSSR count). The van der Waals surface area contributed by atoms with Gasteiger partial charge in [0.25, 0.3) is 0 Å². The van der Waals surface area contributed by atoms with Gasteiger partial charge in [0.2, 0.25) is 0 Å². The van der Waals surface area contributed by atoms with Crippen LogP contribution in [-0.2, 0) is 4.74 Å².